The number of amides is 1. The lowest BCUT2D eigenvalue weighted by molar-refractivity contribution is 0.0937. The second-order valence-corrected chi connectivity index (χ2v) is 7.71. The van der Waals surface area contributed by atoms with Gasteiger partial charge in [-0.1, -0.05) is 29.8 Å². The topological polar surface area (TPSA) is 79.2 Å². The van der Waals surface area contributed by atoms with Gasteiger partial charge in [0.2, 0.25) is 11.8 Å². The summed E-state index contributed by atoms with van der Waals surface area (Å²) >= 11 is 5.90. The van der Waals surface area contributed by atoms with E-state index >= 15 is 0 Å². The molecule has 8 nitrogen and oxygen atoms in total. The standard InChI is InChI=1S/C21H24ClN7O/c1-27-19(20(30)24-14-16-5-7-17(22)8-6-16)25-26-21(27)29-12-10-28(11-13-29)15-18-4-2-3-9-23-18/h2-9H,10-15H2,1H3,(H,24,30). The van der Waals surface area contributed by atoms with E-state index in [1.165, 1.54) is 0 Å². The summed E-state index contributed by atoms with van der Waals surface area (Å²) < 4.78 is 1.76. The first kappa shape index (κ1) is 20.3. The van der Waals surface area contributed by atoms with Crippen LogP contribution in [0, 0.1) is 0 Å². The number of pyridine rings is 1. The zero-order valence-corrected chi connectivity index (χ0v) is 17.6. The SMILES string of the molecule is Cn1c(C(=O)NCc2ccc(Cl)cc2)nnc1N1CCN(Cc2ccccn2)CC1. The molecule has 1 aromatic carbocycles. The second kappa shape index (κ2) is 9.23. The summed E-state index contributed by atoms with van der Waals surface area (Å²) in [5, 5.41) is 11.9. The summed E-state index contributed by atoms with van der Waals surface area (Å²) in [6, 6.07) is 13.4. The molecule has 1 amide bonds. The van der Waals surface area contributed by atoms with Crippen LogP contribution in [-0.2, 0) is 20.1 Å². The fraction of sp³-hybridized carbons (Fsp3) is 0.333. The number of hydrogen-bond donors (Lipinski definition) is 1. The molecule has 3 heterocycles. The van der Waals surface area contributed by atoms with Crippen LogP contribution in [-0.4, -0.2) is 56.7 Å². The Labute approximate surface area is 180 Å². The van der Waals surface area contributed by atoms with Crippen LogP contribution in [0.5, 0.6) is 0 Å². The van der Waals surface area contributed by atoms with Crippen molar-refractivity contribution in [3.63, 3.8) is 0 Å². The molecule has 9 heteroatoms. The van der Waals surface area contributed by atoms with E-state index in [0.717, 1.165) is 44.0 Å². The van der Waals surface area contributed by atoms with E-state index in [-0.39, 0.29) is 5.91 Å². The summed E-state index contributed by atoms with van der Waals surface area (Å²) in [6.45, 7) is 4.70. The Morgan fingerprint density at radius 3 is 2.53 bits per heavy atom. The molecular formula is C21H24ClN7O. The lowest BCUT2D eigenvalue weighted by Crippen LogP contribution is -2.47. The van der Waals surface area contributed by atoms with Crippen LogP contribution in [0.3, 0.4) is 0 Å². The van der Waals surface area contributed by atoms with E-state index in [0.29, 0.717) is 23.3 Å². The van der Waals surface area contributed by atoms with Crippen molar-refractivity contribution in [2.24, 2.45) is 7.05 Å². The maximum absolute atomic E-state index is 12.6. The van der Waals surface area contributed by atoms with Crippen molar-refractivity contribution in [1.29, 1.82) is 0 Å². The number of anilines is 1. The number of nitrogens with zero attached hydrogens (tertiary/aromatic N) is 6. The molecule has 0 aliphatic carbocycles. The van der Waals surface area contributed by atoms with Gasteiger partial charge in [-0.05, 0) is 29.8 Å². The predicted molar refractivity (Wildman–Crippen MR) is 115 cm³/mol. The van der Waals surface area contributed by atoms with Gasteiger partial charge in [0.15, 0.2) is 0 Å². The Morgan fingerprint density at radius 2 is 1.83 bits per heavy atom. The van der Waals surface area contributed by atoms with Crippen molar-refractivity contribution in [3.05, 3.63) is 70.8 Å². The minimum atomic E-state index is -0.250. The van der Waals surface area contributed by atoms with Crippen molar-refractivity contribution >= 4 is 23.5 Å². The molecule has 0 saturated carbocycles. The molecule has 2 aromatic heterocycles. The Kier molecular flexibility index (Phi) is 6.25. The van der Waals surface area contributed by atoms with E-state index in [1.807, 2.05) is 43.6 Å². The fourth-order valence-electron chi connectivity index (χ4n) is 3.48. The largest absolute Gasteiger partial charge is 0.345 e. The average molecular weight is 426 g/mol. The van der Waals surface area contributed by atoms with Gasteiger partial charge >= 0.3 is 0 Å². The Bertz CT molecular complexity index is 982. The Balaban J connectivity index is 1.33. The minimum Gasteiger partial charge on any atom is -0.345 e. The molecule has 1 fully saturated rings. The van der Waals surface area contributed by atoms with Gasteiger partial charge in [0.25, 0.3) is 5.91 Å². The van der Waals surface area contributed by atoms with Gasteiger partial charge in [0, 0.05) is 57.5 Å². The second-order valence-electron chi connectivity index (χ2n) is 7.28. The van der Waals surface area contributed by atoms with Crippen molar-refractivity contribution in [2.75, 3.05) is 31.1 Å². The molecule has 0 spiro atoms. The number of carbonyl (C=O) groups excluding carboxylic acids is 1. The number of piperazine rings is 1. The fourth-order valence-corrected chi connectivity index (χ4v) is 3.61. The number of benzene rings is 1. The molecule has 0 bridgehead atoms. The van der Waals surface area contributed by atoms with Crippen LogP contribution >= 0.6 is 11.6 Å². The molecule has 0 atom stereocenters. The predicted octanol–water partition coefficient (Wildman–Crippen LogP) is 2.12. The minimum absolute atomic E-state index is 0.250. The van der Waals surface area contributed by atoms with Crippen molar-refractivity contribution in [1.82, 2.24) is 30.0 Å². The molecule has 4 rings (SSSR count). The van der Waals surface area contributed by atoms with Crippen molar-refractivity contribution in [2.45, 2.75) is 13.1 Å². The quantitative estimate of drug-likeness (QED) is 0.651. The zero-order chi connectivity index (χ0) is 20.9. The number of nitrogens with one attached hydrogen (secondary N) is 1. The summed E-state index contributed by atoms with van der Waals surface area (Å²) in [6.07, 6.45) is 1.82. The first-order valence-corrected chi connectivity index (χ1v) is 10.3. The van der Waals surface area contributed by atoms with E-state index in [1.54, 1.807) is 16.7 Å². The van der Waals surface area contributed by atoms with Gasteiger partial charge in [-0.15, -0.1) is 10.2 Å². The molecule has 1 N–H and O–H groups in total. The van der Waals surface area contributed by atoms with Crippen molar-refractivity contribution in [3.8, 4) is 0 Å². The lowest BCUT2D eigenvalue weighted by atomic mass is 10.2. The van der Waals surface area contributed by atoms with Gasteiger partial charge in [0.05, 0.1) is 5.69 Å². The third kappa shape index (κ3) is 4.77. The molecule has 1 aliphatic heterocycles. The van der Waals surface area contributed by atoms with Crippen LogP contribution in [0.15, 0.2) is 48.7 Å². The highest BCUT2D eigenvalue weighted by atomic mass is 35.5. The smallest absolute Gasteiger partial charge is 0.289 e. The van der Waals surface area contributed by atoms with Gasteiger partial charge in [-0.3, -0.25) is 19.2 Å². The number of carbonyl (C=O) groups is 1. The maximum atomic E-state index is 12.6. The molecule has 0 radical (unpaired) electrons. The third-order valence-corrected chi connectivity index (χ3v) is 5.44. The van der Waals surface area contributed by atoms with Crippen LogP contribution < -0.4 is 10.2 Å². The lowest BCUT2D eigenvalue weighted by Gasteiger charge is -2.34. The van der Waals surface area contributed by atoms with E-state index in [4.69, 9.17) is 11.6 Å². The highest BCUT2D eigenvalue weighted by molar-refractivity contribution is 6.30. The van der Waals surface area contributed by atoms with E-state index in [2.05, 4.69) is 30.3 Å². The summed E-state index contributed by atoms with van der Waals surface area (Å²) in [5.74, 6) is 0.763. The first-order valence-electron chi connectivity index (χ1n) is 9.89. The molecular weight excluding hydrogens is 402 g/mol. The molecule has 0 unspecified atom stereocenters. The monoisotopic (exact) mass is 425 g/mol. The summed E-state index contributed by atoms with van der Waals surface area (Å²) in [5.41, 5.74) is 2.04. The Morgan fingerprint density at radius 1 is 1.07 bits per heavy atom. The number of hydrogen-bond acceptors (Lipinski definition) is 6. The van der Waals surface area contributed by atoms with Crippen LogP contribution in [0.1, 0.15) is 21.9 Å². The van der Waals surface area contributed by atoms with Crippen LogP contribution in [0.2, 0.25) is 5.02 Å². The molecule has 1 saturated heterocycles. The molecule has 156 valence electrons. The zero-order valence-electron chi connectivity index (χ0n) is 16.8. The van der Waals surface area contributed by atoms with E-state index < -0.39 is 0 Å². The van der Waals surface area contributed by atoms with Gasteiger partial charge < -0.3 is 10.2 Å². The normalized spacial score (nSPS) is 14.7. The highest BCUT2D eigenvalue weighted by Crippen LogP contribution is 2.16. The third-order valence-electron chi connectivity index (χ3n) is 5.19. The van der Waals surface area contributed by atoms with E-state index in [9.17, 15) is 4.79 Å². The average Bonchev–Trinajstić information content (AvgIpc) is 3.16. The van der Waals surface area contributed by atoms with Crippen LogP contribution in [0.4, 0.5) is 5.95 Å². The van der Waals surface area contributed by atoms with Crippen molar-refractivity contribution < 1.29 is 4.79 Å². The molecule has 1 aliphatic rings. The highest BCUT2D eigenvalue weighted by Gasteiger charge is 2.24. The maximum Gasteiger partial charge on any atom is 0.289 e. The van der Waals surface area contributed by atoms with Gasteiger partial charge in [-0.25, -0.2) is 0 Å². The number of halogens is 1. The van der Waals surface area contributed by atoms with Gasteiger partial charge in [0.1, 0.15) is 0 Å². The molecule has 30 heavy (non-hydrogen) atoms. The Hall–Kier alpha value is -2.97. The summed E-state index contributed by atoms with van der Waals surface area (Å²) in [7, 11) is 1.83. The number of aromatic nitrogens is 4. The summed E-state index contributed by atoms with van der Waals surface area (Å²) in [4.78, 5) is 21.5. The van der Waals surface area contributed by atoms with Crippen LogP contribution in [0.25, 0.3) is 0 Å². The number of rotatable bonds is 6. The first-order chi connectivity index (χ1) is 14.6. The van der Waals surface area contributed by atoms with Gasteiger partial charge in [-0.2, -0.15) is 0 Å². The molecule has 3 aromatic rings.